The summed E-state index contributed by atoms with van der Waals surface area (Å²) in [6.45, 7) is 7.63. The summed E-state index contributed by atoms with van der Waals surface area (Å²) in [6, 6.07) is 0. The van der Waals surface area contributed by atoms with Gasteiger partial charge in [-0.25, -0.2) is 0 Å². The molecular formula is C14H25N3O2. The zero-order valence-electron chi connectivity index (χ0n) is 12.2. The molecule has 0 bridgehead atoms. The number of carbonyl (C=O) groups excluding carboxylic acids is 1. The Bertz CT molecular complexity index is 368. The van der Waals surface area contributed by atoms with Gasteiger partial charge in [0, 0.05) is 20.0 Å². The SMILES string of the molecule is CNC(=O)C1=NO[C@@]2(CCCN(CCC(C)C)C2)C1. The molecule has 2 rings (SSSR count). The van der Waals surface area contributed by atoms with Crippen molar-refractivity contribution >= 4 is 11.6 Å². The van der Waals surface area contributed by atoms with Gasteiger partial charge < -0.3 is 10.2 Å². The van der Waals surface area contributed by atoms with Crippen LogP contribution in [0.3, 0.4) is 0 Å². The monoisotopic (exact) mass is 267 g/mol. The first-order chi connectivity index (χ1) is 9.04. The normalized spacial score (nSPS) is 27.5. The molecule has 0 radical (unpaired) electrons. The zero-order chi connectivity index (χ0) is 13.9. The van der Waals surface area contributed by atoms with E-state index in [4.69, 9.17) is 4.84 Å². The van der Waals surface area contributed by atoms with Gasteiger partial charge in [0.1, 0.15) is 5.71 Å². The van der Waals surface area contributed by atoms with Crippen molar-refractivity contribution in [1.29, 1.82) is 0 Å². The van der Waals surface area contributed by atoms with E-state index in [1.54, 1.807) is 7.05 Å². The summed E-state index contributed by atoms with van der Waals surface area (Å²) in [6.07, 6.45) is 3.97. The van der Waals surface area contributed by atoms with E-state index in [1.165, 1.54) is 6.42 Å². The van der Waals surface area contributed by atoms with Crippen LogP contribution in [-0.4, -0.2) is 48.8 Å². The lowest BCUT2D eigenvalue weighted by molar-refractivity contribution is -0.114. The molecule has 19 heavy (non-hydrogen) atoms. The van der Waals surface area contributed by atoms with Crippen molar-refractivity contribution in [2.75, 3.05) is 26.7 Å². The van der Waals surface area contributed by atoms with Crippen LogP contribution in [0.4, 0.5) is 0 Å². The van der Waals surface area contributed by atoms with Gasteiger partial charge in [0.15, 0.2) is 5.60 Å². The molecule has 2 heterocycles. The number of hydrogen-bond acceptors (Lipinski definition) is 4. The highest BCUT2D eigenvalue weighted by Gasteiger charge is 2.44. The van der Waals surface area contributed by atoms with Crippen LogP contribution in [0.5, 0.6) is 0 Å². The standard InChI is InChI=1S/C14H25N3O2/c1-11(2)5-8-17-7-4-6-14(10-17)9-12(16-19-14)13(18)15-3/h11H,4-10H2,1-3H3,(H,15,18)/t14-/m0/s1. The number of rotatable bonds is 4. The molecule has 5 heteroatoms. The van der Waals surface area contributed by atoms with Crippen LogP contribution in [0.15, 0.2) is 5.16 Å². The Morgan fingerprint density at radius 3 is 3.05 bits per heavy atom. The average Bonchev–Trinajstić information content (AvgIpc) is 2.79. The molecule has 1 spiro atoms. The molecule has 0 aromatic heterocycles. The molecule has 1 amide bonds. The van der Waals surface area contributed by atoms with Crippen LogP contribution in [0, 0.1) is 5.92 Å². The van der Waals surface area contributed by atoms with Crippen molar-refractivity contribution in [2.24, 2.45) is 11.1 Å². The van der Waals surface area contributed by atoms with Gasteiger partial charge in [0.2, 0.25) is 0 Å². The fourth-order valence-corrected chi connectivity index (χ4v) is 2.83. The van der Waals surface area contributed by atoms with Crippen LogP contribution in [-0.2, 0) is 9.63 Å². The van der Waals surface area contributed by atoms with E-state index >= 15 is 0 Å². The number of nitrogens with one attached hydrogen (secondary N) is 1. The van der Waals surface area contributed by atoms with E-state index < -0.39 is 0 Å². The summed E-state index contributed by atoms with van der Waals surface area (Å²) in [4.78, 5) is 19.7. The van der Waals surface area contributed by atoms with Gasteiger partial charge in [0.25, 0.3) is 5.91 Å². The Kier molecular flexibility index (Phi) is 4.45. The molecule has 0 aromatic rings. The smallest absolute Gasteiger partial charge is 0.268 e. The zero-order valence-corrected chi connectivity index (χ0v) is 12.2. The number of oxime groups is 1. The van der Waals surface area contributed by atoms with Gasteiger partial charge in [-0.2, -0.15) is 0 Å². The molecule has 108 valence electrons. The van der Waals surface area contributed by atoms with Gasteiger partial charge >= 0.3 is 0 Å². The van der Waals surface area contributed by atoms with E-state index in [9.17, 15) is 4.79 Å². The molecule has 1 fully saturated rings. The predicted octanol–water partition coefficient (Wildman–Crippen LogP) is 1.39. The van der Waals surface area contributed by atoms with Gasteiger partial charge in [0.05, 0.1) is 0 Å². The summed E-state index contributed by atoms with van der Waals surface area (Å²) in [5, 5.41) is 6.61. The van der Waals surface area contributed by atoms with Crippen LogP contribution in [0.2, 0.25) is 0 Å². The highest BCUT2D eigenvalue weighted by molar-refractivity contribution is 6.39. The van der Waals surface area contributed by atoms with E-state index in [-0.39, 0.29) is 11.5 Å². The lowest BCUT2D eigenvalue weighted by Gasteiger charge is -2.38. The number of nitrogens with zero attached hydrogens (tertiary/aromatic N) is 2. The summed E-state index contributed by atoms with van der Waals surface area (Å²) in [5.41, 5.74) is 0.282. The molecule has 0 aliphatic carbocycles. The Hall–Kier alpha value is -1.10. The second-order valence-corrected chi connectivity index (χ2v) is 6.13. The average molecular weight is 267 g/mol. The van der Waals surface area contributed by atoms with E-state index in [0.717, 1.165) is 38.4 Å². The minimum atomic E-state index is -0.253. The molecule has 5 nitrogen and oxygen atoms in total. The van der Waals surface area contributed by atoms with Crippen LogP contribution in [0.1, 0.15) is 39.5 Å². The van der Waals surface area contributed by atoms with Crippen molar-refractivity contribution in [3.05, 3.63) is 0 Å². The fourth-order valence-electron chi connectivity index (χ4n) is 2.83. The van der Waals surface area contributed by atoms with Crippen LogP contribution >= 0.6 is 0 Å². The first-order valence-electron chi connectivity index (χ1n) is 7.24. The second kappa shape index (κ2) is 5.90. The molecule has 1 saturated heterocycles. The first-order valence-corrected chi connectivity index (χ1v) is 7.24. The lowest BCUT2D eigenvalue weighted by atomic mass is 9.88. The first kappa shape index (κ1) is 14.3. The quantitative estimate of drug-likeness (QED) is 0.837. The second-order valence-electron chi connectivity index (χ2n) is 6.13. The maximum Gasteiger partial charge on any atom is 0.268 e. The predicted molar refractivity (Wildman–Crippen MR) is 75.1 cm³/mol. The Morgan fingerprint density at radius 2 is 2.37 bits per heavy atom. The number of amides is 1. The van der Waals surface area contributed by atoms with E-state index in [0.29, 0.717) is 12.1 Å². The van der Waals surface area contributed by atoms with E-state index in [2.05, 4.69) is 29.2 Å². The minimum Gasteiger partial charge on any atom is -0.387 e. The third-order valence-electron chi connectivity index (χ3n) is 3.97. The third-order valence-corrected chi connectivity index (χ3v) is 3.97. The Labute approximate surface area is 115 Å². The number of hydrogen-bond donors (Lipinski definition) is 1. The summed E-state index contributed by atoms with van der Waals surface area (Å²) >= 11 is 0. The third kappa shape index (κ3) is 3.47. The van der Waals surface area contributed by atoms with Gasteiger partial charge in [-0.3, -0.25) is 9.69 Å². The van der Waals surface area contributed by atoms with Gasteiger partial charge in [-0.15, -0.1) is 0 Å². The Balaban J connectivity index is 1.90. The lowest BCUT2D eigenvalue weighted by Crippen LogP contribution is -2.49. The van der Waals surface area contributed by atoms with Crippen LogP contribution < -0.4 is 5.32 Å². The largest absolute Gasteiger partial charge is 0.387 e. The maximum absolute atomic E-state index is 11.6. The van der Waals surface area contributed by atoms with Crippen molar-refractivity contribution in [3.63, 3.8) is 0 Å². The fraction of sp³-hybridized carbons (Fsp3) is 0.857. The number of piperidine rings is 1. The molecule has 1 atom stereocenters. The van der Waals surface area contributed by atoms with Crippen LogP contribution in [0.25, 0.3) is 0 Å². The van der Waals surface area contributed by atoms with Crippen molar-refractivity contribution in [2.45, 2.75) is 45.1 Å². The highest BCUT2D eigenvalue weighted by atomic mass is 16.7. The van der Waals surface area contributed by atoms with Crippen molar-refractivity contribution < 1.29 is 9.63 Å². The topological polar surface area (TPSA) is 53.9 Å². The van der Waals surface area contributed by atoms with E-state index in [1.807, 2.05) is 0 Å². The molecule has 2 aliphatic heterocycles. The maximum atomic E-state index is 11.6. The minimum absolute atomic E-state index is 0.115. The molecule has 0 saturated carbocycles. The summed E-state index contributed by atoms with van der Waals surface area (Å²) < 4.78 is 0. The summed E-state index contributed by atoms with van der Waals surface area (Å²) in [7, 11) is 1.63. The highest BCUT2D eigenvalue weighted by Crippen LogP contribution is 2.33. The number of carbonyl (C=O) groups is 1. The molecule has 0 unspecified atom stereocenters. The molecule has 2 aliphatic rings. The van der Waals surface area contributed by atoms with Crippen molar-refractivity contribution in [3.8, 4) is 0 Å². The molecule has 1 N–H and O–H groups in total. The molecular weight excluding hydrogens is 242 g/mol. The molecule has 0 aromatic carbocycles. The number of likely N-dealkylation sites (tertiary alicyclic amines) is 1. The van der Waals surface area contributed by atoms with Gasteiger partial charge in [-0.1, -0.05) is 19.0 Å². The summed E-state index contributed by atoms with van der Waals surface area (Å²) in [5.74, 6) is 0.608. The Morgan fingerprint density at radius 1 is 1.58 bits per heavy atom. The van der Waals surface area contributed by atoms with Gasteiger partial charge in [-0.05, 0) is 38.3 Å². The van der Waals surface area contributed by atoms with Crippen molar-refractivity contribution in [1.82, 2.24) is 10.2 Å².